The van der Waals surface area contributed by atoms with Crippen molar-refractivity contribution in [3.8, 4) is 11.5 Å². The van der Waals surface area contributed by atoms with Crippen molar-refractivity contribution < 1.29 is 23.8 Å². The summed E-state index contributed by atoms with van der Waals surface area (Å²) in [5.41, 5.74) is 1.99. The molecule has 3 aromatic rings. The minimum absolute atomic E-state index is 0.305. The Balaban J connectivity index is 1.65. The Bertz CT molecular complexity index is 986. The number of rotatable bonds is 9. The number of carboxylic acid groups (broad SMARTS) is 1. The van der Waals surface area contributed by atoms with Crippen LogP contribution in [0.2, 0.25) is 0 Å². The summed E-state index contributed by atoms with van der Waals surface area (Å²) < 4.78 is 17.6. The molecular weight excluding hydrogens is 394 g/mol. The number of nitrogens with zero attached hydrogens (tertiary/aromatic N) is 1. The van der Waals surface area contributed by atoms with Gasteiger partial charge in [-0.1, -0.05) is 36.4 Å². The molecular formula is C25H27NO5. The molecule has 6 heteroatoms. The first-order valence-corrected chi connectivity index (χ1v) is 10.6. The second-order valence-corrected chi connectivity index (χ2v) is 7.57. The Labute approximate surface area is 182 Å². The molecule has 4 rings (SSSR count). The van der Waals surface area contributed by atoms with Gasteiger partial charge in [-0.05, 0) is 55.2 Å². The third-order valence-corrected chi connectivity index (χ3v) is 5.54. The molecule has 0 saturated carbocycles. The largest absolute Gasteiger partial charge is 0.490 e. The van der Waals surface area contributed by atoms with Gasteiger partial charge in [0.05, 0.1) is 18.9 Å². The van der Waals surface area contributed by atoms with Crippen LogP contribution < -0.4 is 9.47 Å². The van der Waals surface area contributed by atoms with Gasteiger partial charge in [0, 0.05) is 6.54 Å². The van der Waals surface area contributed by atoms with Crippen molar-refractivity contribution >= 4 is 5.97 Å². The summed E-state index contributed by atoms with van der Waals surface area (Å²) in [6.45, 7) is 3.56. The molecule has 1 saturated heterocycles. The smallest absolute Gasteiger partial charge is 0.320 e. The van der Waals surface area contributed by atoms with E-state index in [4.69, 9.17) is 13.9 Å². The zero-order valence-electron chi connectivity index (χ0n) is 17.6. The fourth-order valence-corrected chi connectivity index (χ4v) is 4.15. The van der Waals surface area contributed by atoms with E-state index in [-0.39, 0.29) is 6.04 Å². The summed E-state index contributed by atoms with van der Waals surface area (Å²) in [5, 5.41) is 9.72. The number of hydrogen-bond donors (Lipinski definition) is 1. The van der Waals surface area contributed by atoms with E-state index in [1.165, 1.54) is 0 Å². The molecule has 2 heterocycles. The number of ether oxygens (including phenoxy) is 2. The van der Waals surface area contributed by atoms with Crippen LogP contribution in [0.3, 0.4) is 0 Å². The molecule has 2 unspecified atom stereocenters. The minimum atomic E-state index is -0.804. The maximum atomic E-state index is 11.8. The van der Waals surface area contributed by atoms with Crippen LogP contribution in [0.25, 0.3) is 0 Å². The fourth-order valence-electron chi connectivity index (χ4n) is 4.15. The number of likely N-dealkylation sites (tertiary alicyclic amines) is 1. The van der Waals surface area contributed by atoms with Crippen molar-refractivity contribution in [3.05, 3.63) is 83.8 Å². The van der Waals surface area contributed by atoms with Crippen molar-refractivity contribution in [3.63, 3.8) is 0 Å². The number of hydrogen-bond acceptors (Lipinski definition) is 5. The first-order chi connectivity index (χ1) is 15.2. The number of benzene rings is 2. The van der Waals surface area contributed by atoms with E-state index in [9.17, 15) is 9.90 Å². The van der Waals surface area contributed by atoms with E-state index in [0.29, 0.717) is 43.4 Å². The third kappa shape index (κ3) is 4.75. The van der Waals surface area contributed by atoms with Crippen LogP contribution in [0.5, 0.6) is 11.5 Å². The topological polar surface area (TPSA) is 72.1 Å². The highest BCUT2D eigenvalue weighted by Crippen LogP contribution is 2.39. The van der Waals surface area contributed by atoms with Crippen LogP contribution >= 0.6 is 0 Å². The van der Waals surface area contributed by atoms with Crippen molar-refractivity contribution in [1.82, 2.24) is 4.90 Å². The molecule has 31 heavy (non-hydrogen) atoms. The Morgan fingerprint density at radius 1 is 1.13 bits per heavy atom. The number of carbonyl (C=O) groups is 1. The quantitative estimate of drug-likeness (QED) is 0.530. The maximum Gasteiger partial charge on any atom is 0.320 e. The molecule has 2 atom stereocenters. The Hall–Kier alpha value is -3.25. The van der Waals surface area contributed by atoms with Crippen molar-refractivity contribution in [2.75, 3.05) is 13.2 Å². The normalized spacial score (nSPS) is 17.4. The Kier molecular flexibility index (Phi) is 6.57. The number of carboxylic acids is 1. The zero-order valence-corrected chi connectivity index (χ0v) is 17.6. The molecule has 0 radical (unpaired) electrons. The van der Waals surface area contributed by atoms with E-state index in [0.717, 1.165) is 17.5 Å². The molecule has 1 aromatic heterocycles. The van der Waals surface area contributed by atoms with E-state index in [1.54, 1.807) is 6.26 Å². The minimum Gasteiger partial charge on any atom is -0.490 e. The summed E-state index contributed by atoms with van der Waals surface area (Å²) in [6, 6.07) is 18.6. The number of furan rings is 1. The van der Waals surface area contributed by atoms with Gasteiger partial charge in [-0.3, -0.25) is 9.69 Å². The van der Waals surface area contributed by atoms with Gasteiger partial charge in [-0.2, -0.15) is 0 Å². The van der Waals surface area contributed by atoms with Crippen LogP contribution in [0.1, 0.15) is 42.7 Å². The lowest BCUT2D eigenvalue weighted by Gasteiger charge is -2.30. The highest BCUT2D eigenvalue weighted by atomic mass is 16.5. The van der Waals surface area contributed by atoms with Crippen molar-refractivity contribution in [2.45, 2.75) is 38.5 Å². The average Bonchev–Trinajstić information content (AvgIpc) is 3.47. The van der Waals surface area contributed by atoms with Crippen LogP contribution in [0.4, 0.5) is 0 Å². The van der Waals surface area contributed by atoms with Gasteiger partial charge in [0.2, 0.25) is 0 Å². The van der Waals surface area contributed by atoms with Gasteiger partial charge in [0.15, 0.2) is 11.5 Å². The van der Waals surface area contributed by atoms with Gasteiger partial charge in [-0.15, -0.1) is 0 Å². The molecule has 162 valence electrons. The van der Waals surface area contributed by atoms with Crippen molar-refractivity contribution in [2.24, 2.45) is 0 Å². The second kappa shape index (κ2) is 9.71. The van der Waals surface area contributed by atoms with E-state index >= 15 is 0 Å². The maximum absolute atomic E-state index is 11.8. The lowest BCUT2D eigenvalue weighted by Crippen LogP contribution is -2.39. The summed E-state index contributed by atoms with van der Waals surface area (Å²) in [6.07, 6.45) is 3.09. The molecule has 0 amide bonds. The standard InChI is InChI=1S/C25H27NO5/c1-2-29-23-16-19(12-13-21(23)31-17-18-8-4-3-5-9-18)24(22-11-7-15-30-22)26-14-6-10-20(26)25(27)28/h3-5,7-9,11-13,15-16,20,24H,2,6,10,14,17H2,1H3,(H,27,28). The van der Waals surface area contributed by atoms with Crippen LogP contribution in [-0.4, -0.2) is 35.2 Å². The molecule has 6 nitrogen and oxygen atoms in total. The van der Waals surface area contributed by atoms with Gasteiger partial charge < -0.3 is 19.0 Å². The summed E-state index contributed by atoms with van der Waals surface area (Å²) in [5.74, 6) is 1.21. The van der Waals surface area contributed by atoms with Crippen LogP contribution in [0.15, 0.2) is 71.3 Å². The second-order valence-electron chi connectivity index (χ2n) is 7.57. The fraction of sp³-hybridized carbons (Fsp3) is 0.320. The van der Waals surface area contributed by atoms with Gasteiger partial charge in [0.25, 0.3) is 0 Å². The van der Waals surface area contributed by atoms with E-state index < -0.39 is 12.0 Å². The summed E-state index contributed by atoms with van der Waals surface area (Å²) in [4.78, 5) is 13.8. The summed E-state index contributed by atoms with van der Waals surface area (Å²) in [7, 11) is 0. The van der Waals surface area contributed by atoms with Crippen LogP contribution in [0, 0.1) is 0 Å². The Morgan fingerprint density at radius 3 is 2.68 bits per heavy atom. The molecule has 1 aliphatic heterocycles. The van der Waals surface area contributed by atoms with E-state index in [2.05, 4.69) is 0 Å². The van der Waals surface area contributed by atoms with Gasteiger partial charge in [0.1, 0.15) is 18.4 Å². The zero-order chi connectivity index (χ0) is 21.6. The molecule has 0 spiro atoms. The monoisotopic (exact) mass is 421 g/mol. The van der Waals surface area contributed by atoms with E-state index in [1.807, 2.05) is 72.5 Å². The third-order valence-electron chi connectivity index (χ3n) is 5.54. The first kappa shape index (κ1) is 21.0. The van der Waals surface area contributed by atoms with Crippen molar-refractivity contribution in [1.29, 1.82) is 0 Å². The molecule has 1 fully saturated rings. The average molecular weight is 421 g/mol. The molecule has 1 N–H and O–H groups in total. The SMILES string of the molecule is CCOc1cc(C(c2ccco2)N2CCCC2C(=O)O)ccc1OCc1ccccc1. The predicted molar refractivity (Wildman–Crippen MR) is 116 cm³/mol. The molecule has 0 aliphatic carbocycles. The van der Waals surface area contributed by atoms with Gasteiger partial charge in [-0.25, -0.2) is 0 Å². The Morgan fingerprint density at radius 2 is 1.97 bits per heavy atom. The summed E-state index contributed by atoms with van der Waals surface area (Å²) >= 11 is 0. The van der Waals surface area contributed by atoms with Gasteiger partial charge >= 0.3 is 5.97 Å². The predicted octanol–water partition coefficient (Wildman–Crippen LogP) is 4.90. The van der Waals surface area contributed by atoms with Crippen LogP contribution in [-0.2, 0) is 11.4 Å². The molecule has 0 bridgehead atoms. The first-order valence-electron chi connectivity index (χ1n) is 10.6. The lowest BCUT2D eigenvalue weighted by atomic mass is 10.0. The number of aliphatic carboxylic acids is 1. The highest BCUT2D eigenvalue weighted by molar-refractivity contribution is 5.74. The lowest BCUT2D eigenvalue weighted by molar-refractivity contribution is -0.142. The molecule has 2 aromatic carbocycles. The highest BCUT2D eigenvalue weighted by Gasteiger charge is 2.38. The molecule has 1 aliphatic rings.